The van der Waals surface area contributed by atoms with Crippen LogP contribution in [0.2, 0.25) is 0 Å². The molecule has 8 rings (SSSR count). The molecule has 2 heterocycles. The molecule has 264 valence electrons. The first-order valence-corrected chi connectivity index (χ1v) is 20.5. The fourth-order valence-electron chi connectivity index (χ4n) is 8.95. The summed E-state index contributed by atoms with van der Waals surface area (Å²) in [5.41, 5.74) is 14.5. The molecular weight excluding hydrogens is 649 g/mol. The molecule has 0 N–H and O–H groups in total. The Balaban J connectivity index is 1.56. The molecule has 1 saturated carbocycles. The molecule has 7 aromatic rings. The minimum atomic E-state index is 0.317. The summed E-state index contributed by atoms with van der Waals surface area (Å²) in [4.78, 5) is 0. The highest BCUT2D eigenvalue weighted by Crippen LogP contribution is 2.49. The van der Waals surface area contributed by atoms with Crippen LogP contribution in [0, 0.1) is 6.92 Å². The number of unbranched alkanes of at least 4 members (excludes halogenated alkanes) is 1. The highest BCUT2D eigenvalue weighted by atomic mass is 32.1. The van der Waals surface area contributed by atoms with Gasteiger partial charge >= 0.3 is 5.82 Å². The molecule has 2 nitrogen and oxygen atoms in total. The molecule has 3 heteroatoms. The van der Waals surface area contributed by atoms with Crippen molar-refractivity contribution in [2.75, 3.05) is 0 Å². The lowest BCUT2D eigenvalue weighted by atomic mass is 9.87. The predicted octanol–water partition coefficient (Wildman–Crippen LogP) is 14.5. The second kappa shape index (κ2) is 14.2. The van der Waals surface area contributed by atoms with Crippen LogP contribution in [0.15, 0.2) is 104 Å². The van der Waals surface area contributed by atoms with E-state index in [1.165, 1.54) is 107 Å². The van der Waals surface area contributed by atoms with Crippen LogP contribution >= 0.6 is 11.3 Å². The van der Waals surface area contributed by atoms with Crippen molar-refractivity contribution in [3.05, 3.63) is 126 Å². The Labute approximate surface area is 314 Å². The first-order chi connectivity index (χ1) is 25.3. The van der Waals surface area contributed by atoms with Crippen LogP contribution in [0.1, 0.15) is 120 Å². The molecule has 0 atom stereocenters. The van der Waals surface area contributed by atoms with E-state index in [9.17, 15) is 0 Å². The molecule has 1 aliphatic carbocycles. The Morgan fingerprint density at radius 3 is 2.17 bits per heavy atom. The van der Waals surface area contributed by atoms with E-state index in [2.05, 4.69) is 148 Å². The van der Waals surface area contributed by atoms with Gasteiger partial charge in [0, 0.05) is 33.0 Å². The van der Waals surface area contributed by atoms with E-state index in [4.69, 9.17) is 6.58 Å². The maximum absolute atomic E-state index is 4.86. The molecule has 0 spiro atoms. The summed E-state index contributed by atoms with van der Waals surface area (Å²) in [5, 5.41) is 2.88. The van der Waals surface area contributed by atoms with Crippen LogP contribution in [0.25, 0.3) is 65.1 Å². The fourth-order valence-corrected chi connectivity index (χ4v) is 10.3. The van der Waals surface area contributed by atoms with E-state index in [1.54, 1.807) is 5.56 Å². The van der Waals surface area contributed by atoms with Crippen molar-refractivity contribution < 1.29 is 4.57 Å². The number of nitrogens with zero attached hydrogens (tertiary/aromatic N) is 2. The van der Waals surface area contributed by atoms with E-state index in [0.29, 0.717) is 17.8 Å². The standard InChI is InChI=1S/C49H53N2S/c1-8-9-19-34(7)50-42-25-16-17-26-43(42)51(47-39(31(2)3)29-37(30-40(47)32(4)5)35-20-11-10-12-21-35)49(50)45-33(6)28-41(36-22-13-14-23-36)46-38-24-15-18-27-44(38)52-48(45)46/h10-12,15-18,20-21,24-32,36H,7-9,13-14,19,22-23H2,1-6H3/q+1. The molecule has 0 amide bonds. The third-order valence-corrected chi connectivity index (χ3v) is 12.8. The van der Waals surface area contributed by atoms with Crippen LogP contribution in [0.3, 0.4) is 0 Å². The highest BCUT2D eigenvalue weighted by Gasteiger charge is 2.36. The van der Waals surface area contributed by atoms with E-state index in [1.807, 2.05) is 11.3 Å². The average Bonchev–Trinajstić information content (AvgIpc) is 3.90. The van der Waals surface area contributed by atoms with Gasteiger partial charge in [0.2, 0.25) is 0 Å². The summed E-state index contributed by atoms with van der Waals surface area (Å²) < 4.78 is 8.00. The zero-order valence-electron chi connectivity index (χ0n) is 31.9. The summed E-state index contributed by atoms with van der Waals surface area (Å²) in [6.07, 6.45) is 8.44. The average molecular weight is 702 g/mol. The molecule has 0 unspecified atom stereocenters. The maximum atomic E-state index is 4.86. The lowest BCUT2D eigenvalue weighted by Gasteiger charge is -2.22. The smallest absolute Gasteiger partial charge is 0.192 e. The topological polar surface area (TPSA) is 8.81 Å². The number of allylic oxidation sites excluding steroid dienone is 1. The maximum Gasteiger partial charge on any atom is 0.301 e. The summed E-state index contributed by atoms with van der Waals surface area (Å²) in [5.74, 6) is 2.50. The Bertz CT molecular complexity index is 2400. The van der Waals surface area contributed by atoms with Gasteiger partial charge < -0.3 is 0 Å². The van der Waals surface area contributed by atoms with Crippen molar-refractivity contribution in [2.24, 2.45) is 0 Å². The highest BCUT2D eigenvalue weighted by molar-refractivity contribution is 7.26. The fraction of sp³-hybridized carbons (Fsp3) is 0.327. The molecule has 5 aromatic carbocycles. The molecule has 1 fully saturated rings. The number of aryl methyl sites for hydroxylation is 1. The predicted molar refractivity (Wildman–Crippen MR) is 226 cm³/mol. The number of hydrogen-bond donors (Lipinski definition) is 0. The molecular formula is C49H53N2S+. The monoisotopic (exact) mass is 701 g/mol. The van der Waals surface area contributed by atoms with Gasteiger partial charge in [0.05, 0.1) is 10.3 Å². The normalized spacial score (nSPS) is 13.8. The lowest BCUT2D eigenvalue weighted by Crippen LogP contribution is -2.34. The van der Waals surface area contributed by atoms with Crippen molar-refractivity contribution >= 4 is 48.2 Å². The summed E-state index contributed by atoms with van der Waals surface area (Å²) in [7, 11) is 0. The number of fused-ring (bicyclic) bond motifs is 4. The molecule has 2 aromatic heterocycles. The molecule has 0 aliphatic heterocycles. The number of benzene rings is 5. The van der Waals surface area contributed by atoms with E-state index in [0.717, 1.165) is 19.3 Å². The quantitative estimate of drug-likeness (QED) is 0.126. The van der Waals surface area contributed by atoms with Crippen LogP contribution in [0.4, 0.5) is 0 Å². The molecule has 0 saturated heterocycles. The zero-order valence-corrected chi connectivity index (χ0v) is 32.7. The summed E-state index contributed by atoms with van der Waals surface area (Å²) in [6, 6.07) is 36.7. The third-order valence-electron chi connectivity index (χ3n) is 11.6. The van der Waals surface area contributed by atoms with Gasteiger partial charge in [0.1, 0.15) is 11.4 Å². The van der Waals surface area contributed by atoms with Crippen LogP contribution in [0.5, 0.6) is 0 Å². The number of aromatic nitrogens is 2. The number of imidazole rings is 1. The van der Waals surface area contributed by atoms with Gasteiger partial charge in [0.15, 0.2) is 11.0 Å². The van der Waals surface area contributed by atoms with E-state index < -0.39 is 0 Å². The third kappa shape index (κ3) is 5.82. The van der Waals surface area contributed by atoms with Gasteiger partial charge in [-0.1, -0.05) is 127 Å². The van der Waals surface area contributed by atoms with Gasteiger partial charge in [-0.05, 0) is 96.5 Å². The van der Waals surface area contributed by atoms with Crippen molar-refractivity contribution in [2.45, 2.75) is 104 Å². The van der Waals surface area contributed by atoms with Crippen LogP contribution in [-0.4, -0.2) is 4.57 Å². The Kier molecular flexibility index (Phi) is 9.42. The van der Waals surface area contributed by atoms with Gasteiger partial charge in [-0.3, -0.25) is 0 Å². The van der Waals surface area contributed by atoms with Gasteiger partial charge in [-0.2, -0.15) is 9.13 Å². The number of hydrogen-bond acceptors (Lipinski definition) is 1. The van der Waals surface area contributed by atoms with Crippen molar-refractivity contribution in [3.8, 4) is 28.2 Å². The SMILES string of the molecule is C=C(CCCC)[n+]1c(-c2c(C)cc(C3CCCC3)c3c2sc2ccccc23)n(-c2c(C(C)C)cc(-c3ccccc3)cc2C(C)C)c2ccccc21. The summed E-state index contributed by atoms with van der Waals surface area (Å²) in [6.45, 7) is 19.0. The van der Waals surface area contributed by atoms with Crippen molar-refractivity contribution in [1.82, 2.24) is 4.57 Å². The van der Waals surface area contributed by atoms with E-state index in [-0.39, 0.29) is 0 Å². The minimum Gasteiger partial charge on any atom is -0.192 e. The van der Waals surface area contributed by atoms with E-state index >= 15 is 0 Å². The Morgan fingerprint density at radius 2 is 1.48 bits per heavy atom. The molecule has 52 heavy (non-hydrogen) atoms. The zero-order chi connectivity index (χ0) is 36.1. The first kappa shape index (κ1) is 34.6. The summed E-state index contributed by atoms with van der Waals surface area (Å²) >= 11 is 1.99. The number of para-hydroxylation sites is 2. The van der Waals surface area contributed by atoms with Gasteiger partial charge in [-0.15, -0.1) is 11.3 Å². The molecule has 1 aliphatic rings. The van der Waals surface area contributed by atoms with Crippen molar-refractivity contribution in [3.63, 3.8) is 0 Å². The first-order valence-electron chi connectivity index (χ1n) is 19.7. The van der Waals surface area contributed by atoms with Crippen LogP contribution in [-0.2, 0) is 0 Å². The second-order valence-electron chi connectivity index (χ2n) is 15.8. The number of rotatable bonds is 10. The molecule has 0 radical (unpaired) electrons. The van der Waals surface area contributed by atoms with Gasteiger partial charge in [0.25, 0.3) is 0 Å². The lowest BCUT2D eigenvalue weighted by molar-refractivity contribution is -0.542. The Morgan fingerprint density at radius 1 is 0.827 bits per heavy atom. The minimum absolute atomic E-state index is 0.317. The Hall–Kier alpha value is -4.47. The number of thiophene rings is 1. The van der Waals surface area contributed by atoms with Crippen LogP contribution < -0.4 is 4.57 Å². The van der Waals surface area contributed by atoms with Crippen molar-refractivity contribution in [1.29, 1.82) is 0 Å². The largest absolute Gasteiger partial charge is 0.301 e. The van der Waals surface area contributed by atoms with Gasteiger partial charge in [-0.25, -0.2) is 0 Å². The molecule has 0 bridgehead atoms. The second-order valence-corrected chi connectivity index (χ2v) is 16.8.